The van der Waals surface area contributed by atoms with Crippen LogP contribution in [0.15, 0.2) is 48.5 Å². The molecule has 0 atom stereocenters. The molecule has 30 heavy (non-hydrogen) atoms. The quantitative estimate of drug-likeness (QED) is 0.385. The van der Waals surface area contributed by atoms with Gasteiger partial charge in [-0.25, -0.2) is 4.98 Å². The zero-order chi connectivity index (χ0) is 21.1. The van der Waals surface area contributed by atoms with Crippen molar-refractivity contribution in [1.29, 1.82) is 0 Å². The van der Waals surface area contributed by atoms with Gasteiger partial charge < -0.3 is 9.47 Å². The van der Waals surface area contributed by atoms with E-state index in [2.05, 4.69) is 20.7 Å². The van der Waals surface area contributed by atoms with Gasteiger partial charge in [-0.2, -0.15) is 8.78 Å². The van der Waals surface area contributed by atoms with Crippen LogP contribution in [-0.2, 0) is 13.1 Å². The van der Waals surface area contributed by atoms with Crippen molar-refractivity contribution in [3.05, 3.63) is 64.8 Å². The number of alkyl halides is 2. The molecule has 1 aromatic heterocycles. The van der Waals surface area contributed by atoms with Gasteiger partial charge in [0.15, 0.2) is 11.5 Å². The predicted molar refractivity (Wildman–Crippen MR) is 113 cm³/mol. The molecule has 0 amide bonds. The van der Waals surface area contributed by atoms with E-state index in [-0.39, 0.29) is 5.75 Å². The van der Waals surface area contributed by atoms with Crippen molar-refractivity contribution in [2.75, 3.05) is 6.61 Å². The summed E-state index contributed by atoms with van der Waals surface area (Å²) in [5.41, 5.74) is 2.82. The Labute approximate surface area is 179 Å². The summed E-state index contributed by atoms with van der Waals surface area (Å²) in [6.07, 6.45) is 2.26. The van der Waals surface area contributed by atoms with E-state index < -0.39 is 6.61 Å². The smallest absolute Gasteiger partial charge is 0.387 e. The standard InChI is InChI=1S/C23H23ClF2N2O2/c1-2-29-21-11-15(7-10-20(21)30-23(25)26)13-28(18-8-9-18)14-17-12-16-5-3-4-6-19(16)27-22(17)24/h3-7,10-12,18,23H,2,8-9,13-14H2,1H3. The van der Waals surface area contributed by atoms with Crippen LogP contribution in [0.1, 0.15) is 30.9 Å². The first kappa shape index (κ1) is 20.8. The van der Waals surface area contributed by atoms with E-state index in [1.165, 1.54) is 0 Å². The minimum absolute atomic E-state index is 0.0512. The van der Waals surface area contributed by atoms with Crippen LogP contribution < -0.4 is 9.47 Å². The molecule has 1 saturated carbocycles. The molecule has 1 fully saturated rings. The van der Waals surface area contributed by atoms with Crippen LogP contribution in [0.3, 0.4) is 0 Å². The number of nitrogens with zero attached hydrogens (tertiary/aromatic N) is 2. The molecule has 1 aliphatic carbocycles. The summed E-state index contributed by atoms with van der Waals surface area (Å²) >= 11 is 6.47. The molecule has 7 heteroatoms. The molecule has 0 radical (unpaired) electrons. The minimum atomic E-state index is -2.89. The summed E-state index contributed by atoms with van der Waals surface area (Å²) in [6.45, 7) is 0.613. The number of para-hydroxylation sites is 1. The van der Waals surface area contributed by atoms with Gasteiger partial charge >= 0.3 is 6.61 Å². The lowest BCUT2D eigenvalue weighted by molar-refractivity contribution is -0.0514. The van der Waals surface area contributed by atoms with E-state index in [4.69, 9.17) is 16.3 Å². The summed E-state index contributed by atoms with van der Waals surface area (Å²) in [7, 11) is 0. The highest BCUT2D eigenvalue weighted by Crippen LogP contribution is 2.34. The van der Waals surface area contributed by atoms with Gasteiger partial charge in [0.1, 0.15) is 5.15 Å². The van der Waals surface area contributed by atoms with Gasteiger partial charge in [0.2, 0.25) is 0 Å². The lowest BCUT2D eigenvalue weighted by Crippen LogP contribution is -2.25. The van der Waals surface area contributed by atoms with Crippen LogP contribution in [0.2, 0.25) is 5.15 Å². The van der Waals surface area contributed by atoms with Crippen molar-refractivity contribution in [1.82, 2.24) is 9.88 Å². The lowest BCUT2D eigenvalue weighted by Gasteiger charge is -2.23. The van der Waals surface area contributed by atoms with Gasteiger partial charge in [0.25, 0.3) is 0 Å². The van der Waals surface area contributed by atoms with E-state index in [0.29, 0.717) is 36.6 Å². The molecule has 0 aliphatic heterocycles. The molecule has 4 rings (SSSR count). The van der Waals surface area contributed by atoms with Gasteiger partial charge in [-0.3, -0.25) is 4.90 Å². The summed E-state index contributed by atoms with van der Waals surface area (Å²) in [5.74, 6) is 0.381. The summed E-state index contributed by atoms with van der Waals surface area (Å²) in [6, 6.07) is 15.6. The van der Waals surface area contributed by atoms with Gasteiger partial charge in [0.05, 0.1) is 12.1 Å². The summed E-state index contributed by atoms with van der Waals surface area (Å²) in [4.78, 5) is 6.87. The highest BCUT2D eigenvalue weighted by Gasteiger charge is 2.30. The number of rotatable bonds is 9. The maximum atomic E-state index is 12.7. The monoisotopic (exact) mass is 432 g/mol. The molecular formula is C23H23ClF2N2O2. The molecule has 0 bridgehead atoms. The fraction of sp³-hybridized carbons (Fsp3) is 0.348. The van der Waals surface area contributed by atoms with Crippen LogP contribution in [0.4, 0.5) is 8.78 Å². The topological polar surface area (TPSA) is 34.6 Å². The highest BCUT2D eigenvalue weighted by atomic mass is 35.5. The Hall–Kier alpha value is -2.44. The number of hydrogen-bond donors (Lipinski definition) is 0. The molecule has 4 nitrogen and oxygen atoms in total. The molecule has 0 saturated heterocycles. The number of aromatic nitrogens is 1. The number of fused-ring (bicyclic) bond motifs is 1. The average Bonchev–Trinajstić information content (AvgIpc) is 3.55. The van der Waals surface area contributed by atoms with Crippen LogP contribution in [0.25, 0.3) is 10.9 Å². The van der Waals surface area contributed by atoms with E-state index in [1.807, 2.05) is 31.2 Å². The van der Waals surface area contributed by atoms with Crippen LogP contribution >= 0.6 is 11.6 Å². The molecular weight excluding hydrogens is 410 g/mol. The highest BCUT2D eigenvalue weighted by molar-refractivity contribution is 6.30. The molecule has 3 aromatic rings. The Morgan fingerprint density at radius 2 is 1.90 bits per heavy atom. The Morgan fingerprint density at radius 3 is 2.63 bits per heavy atom. The molecule has 0 spiro atoms. The van der Waals surface area contributed by atoms with Crippen molar-refractivity contribution in [3.63, 3.8) is 0 Å². The maximum absolute atomic E-state index is 12.7. The second-order valence-electron chi connectivity index (χ2n) is 7.36. The van der Waals surface area contributed by atoms with E-state index in [9.17, 15) is 8.78 Å². The molecule has 1 heterocycles. The van der Waals surface area contributed by atoms with Crippen molar-refractivity contribution < 1.29 is 18.3 Å². The van der Waals surface area contributed by atoms with Crippen molar-refractivity contribution >= 4 is 22.5 Å². The number of benzene rings is 2. The van der Waals surface area contributed by atoms with Gasteiger partial charge in [0, 0.05) is 30.1 Å². The van der Waals surface area contributed by atoms with E-state index in [0.717, 1.165) is 34.9 Å². The maximum Gasteiger partial charge on any atom is 0.387 e. The van der Waals surface area contributed by atoms with Crippen LogP contribution in [-0.4, -0.2) is 29.1 Å². The third-order valence-corrected chi connectivity index (χ3v) is 5.42. The molecule has 2 aromatic carbocycles. The Morgan fingerprint density at radius 1 is 1.10 bits per heavy atom. The first-order chi connectivity index (χ1) is 14.5. The summed E-state index contributed by atoms with van der Waals surface area (Å²) in [5, 5.41) is 1.56. The third-order valence-electron chi connectivity index (χ3n) is 5.10. The zero-order valence-electron chi connectivity index (χ0n) is 16.7. The Bertz CT molecular complexity index is 1030. The third kappa shape index (κ3) is 4.99. The van der Waals surface area contributed by atoms with Gasteiger partial charge in [-0.15, -0.1) is 0 Å². The number of ether oxygens (including phenoxy) is 2. The van der Waals surface area contributed by atoms with Crippen molar-refractivity contribution in [3.8, 4) is 11.5 Å². The predicted octanol–water partition coefficient (Wildman–Crippen LogP) is 6.05. The minimum Gasteiger partial charge on any atom is -0.490 e. The first-order valence-corrected chi connectivity index (χ1v) is 10.4. The number of pyridine rings is 1. The van der Waals surface area contributed by atoms with Crippen LogP contribution in [0, 0.1) is 0 Å². The van der Waals surface area contributed by atoms with E-state index >= 15 is 0 Å². The van der Waals surface area contributed by atoms with Crippen molar-refractivity contribution in [2.24, 2.45) is 0 Å². The average molecular weight is 433 g/mol. The van der Waals surface area contributed by atoms with Crippen LogP contribution in [0.5, 0.6) is 11.5 Å². The Kier molecular flexibility index (Phi) is 6.35. The van der Waals surface area contributed by atoms with Gasteiger partial charge in [-0.05, 0) is 49.6 Å². The van der Waals surface area contributed by atoms with Crippen molar-refractivity contribution in [2.45, 2.75) is 45.5 Å². The molecule has 0 unspecified atom stereocenters. The summed E-state index contributed by atoms with van der Waals surface area (Å²) < 4.78 is 35.4. The normalized spacial score (nSPS) is 13.9. The van der Waals surface area contributed by atoms with E-state index in [1.54, 1.807) is 18.2 Å². The molecule has 158 valence electrons. The Balaban J connectivity index is 1.56. The largest absolute Gasteiger partial charge is 0.490 e. The molecule has 1 aliphatic rings. The fourth-order valence-corrected chi connectivity index (χ4v) is 3.77. The molecule has 0 N–H and O–H groups in total. The van der Waals surface area contributed by atoms with Gasteiger partial charge in [-0.1, -0.05) is 35.9 Å². The number of hydrogen-bond acceptors (Lipinski definition) is 4. The fourth-order valence-electron chi connectivity index (χ4n) is 3.57. The second-order valence-corrected chi connectivity index (χ2v) is 7.72. The number of halogens is 3. The second kappa shape index (κ2) is 9.14. The SMILES string of the molecule is CCOc1cc(CN(Cc2cc3ccccc3nc2Cl)C2CC2)ccc1OC(F)F. The first-order valence-electron chi connectivity index (χ1n) is 10.0. The zero-order valence-corrected chi connectivity index (χ0v) is 17.4. The lowest BCUT2D eigenvalue weighted by atomic mass is 10.1.